The van der Waals surface area contributed by atoms with Gasteiger partial charge in [0.05, 0.1) is 17.8 Å². The van der Waals surface area contributed by atoms with Gasteiger partial charge in [-0.1, -0.05) is 0 Å². The predicted octanol–water partition coefficient (Wildman–Crippen LogP) is 2.44. The molecule has 0 radical (unpaired) electrons. The minimum absolute atomic E-state index is 0.527. The molecule has 2 aromatic rings. The van der Waals surface area contributed by atoms with Gasteiger partial charge < -0.3 is 0 Å². The van der Waals surface area contributed by atoms with Crippen molar-refractivity contribution in [1.82, 2.24) is 9.38 Å². The minimum atomic E-state index is 0.527. The molecule has 0 atom stereocenters. The minimum Gasteiger partial charge on any atom is -0.291 e. The van der Waals surface area contributed by atoms with Gasteiger partial charge >= 0.3 is 0 Å². The molecule has 0 aromatic carbocycles. The van der Waals surface area contributed by atoms with Crippen LogP contribution in [0.2, 0.25) is 0 Å². The zero-order valence-corrected chi connectivity index (χ0v) is 7.61. The van der Waals surface area contributed by atoms with Crippen molar-refractivity contribution in [2.24, 2.45) is 0 Å². The van der Waals surface area contributed by atoms with Crippen LogP contribution in [0, 0.1) is 6.92 Å². The van der Waals surface area contributed by atoms with Crippen molar-refractivity contribution in [3.8, 4) is 0 Å². The fourth-order valence-corrected chi connectivity index (χ4v) is 2.16. The van der Waals surface area contributed by atoms with E-state index in [0.29, 0.717) is 5.88 Å². The number of thiazole rings is 1. The molecular weight excluding hydrogens is 180 g/mol. The first-order chi connectivity index (χ1) is 5.33. The van der Waals surface area contributed by atoms with Crippen molar-refractivity contribution in [2.75, 3.05) is 0 Å². The van der Waals surface area contributed by atoms with E-state index in [0.717, 1.165) is 10.7 Å². The highest BCUT2D eigenvalue weighted by Gasteiger charge is 2.04. The van der Waals surface area contributed by atoms with Gasteiger partial charge in [0.2, 0.25) is 0 Å². The van der Waals surface area contributed by atoms with Crippen LogP contribution < -0.4 is 0 Å². The van der Waals surface area contributed by atoms with Crippen LogP contribution in [0.1, 0.15) is 11.4 Å². The lowest BCUT2D eigenvalue weighted by Crippen LogP contribution is -1.88. The first-order valence-electron chi connectivity index (χ1n) is 3.29. The van der Waals surface area contributed by atoms with Gasteiger partial charge in [0, 0.05) is 11.1 Å². The van der Waals surface area contributed by atoms with E-state index in [1.165, 1.54) is 5.69 Å². The second kappa shape index (κ2) is 2.50. The zero-order valence-electron chi connectivity index (χ0n) is 6.04. The maximum Gasteiger partial charge on any atom is 0.194 e. The third kappa shape index (κ3) is 0.957. The second-order valence-electron chi connectivity index (χ2n) is 2.38. The summed E-state index contributed by atoms with van der Waals surface area (Å²) in [5.41, 5.74) is 2.28. The lowest BCUT2D eigenvalue weighted by molar-refractivity contribution is 1.05. The number of fused-ring (bicyclic) bond motifs is 1. The largest absolute Gasteiger partial charge is 0.291 e. The van der Waals surface area contributed by atoms with Crippen LogP contribution in [0.5, 0.6) is 0 Å². The topological polar surface area (TPSA) is 17.3 Å². The number of aromatic nitrogens is 2. The number of rotatable bonds is 1. The Kier molecular flexibility index (Phi) is 1.62. The summed E-state index contributed by atoms with van der Waals surface area (Å²) < 4.78 is 2.08. The normalized spacial score (nSPS) is 11.1. The van der Waals surface area contributed by atoms with Crippen LogP contribution in [0.4, 0.5) is 0 Å². The van der Waals surface area contributed by atoms with Gasteiger partial charge in [-0.2, -0.15) is 0 Å². The molecule has 0 spiro atoms. The number of alkyl halides is 1. The first kappa shape index (κ1) is 7.13. The molecule has 0 N–H and O–H groups in total. The van der Waals surface area contributed by atoms with Crippen LogP contribution in [-0.2, 0) is 5.88 Å². The summed E-state index contributed by atoms with van der Waals surface area (Å²) in [5.74, 6) is 0.527. The highest BCUT2D eigenvalue weighted by Crippen LogP contribution is 2.17. The Labute approximate surface area is 73.4 Å². The van der Waals surface area contributed by atoms with E-state index in [-0.39, 0.29) is 0 Å². The van der Waals surface area contributed by atoms with E-state index in [1.54, 1.807) is 11.3 Å². The molecule has 0 bridgehead atoms. The average Bonchev–Trinajstić information content (AvgIpc) is 2.54. The van der Waals surface area contributed by atoms with Gasteiger partial charge in [0.1, 0.15) is 0 Å². The van der Waals surface area contributed by atoms with E-state index in [9.17, 15) is 0 Å². The van der Waals surface area contributed by atoms with Gasteiger partial charge in [0.25, 0.3) is 0 Å². The fraction of sp³-hybridized carbons (Fsp3) is 0.286. The van der Waals surface area contributed by atoms with E-state index in [2.05, 4.69) is 21.7 Å². The number of aryl methyl sites for hydroxylation is 1. The summed E-state index contributed by atoms with van der Waals surface area (Å²) in [6.07, 6.45) is 1.83. The Hall–Kier alpha value is -0.540. The van der Waals surface area contributed by atoms with Gasteiger partial charge in [0.15, 0.2) is 4.96 Å². The molecule has 11 heavy (non-hydrogen) atoms. The molecule has 2 heterocycles. The van der Waals surface area contributed by atoms with E-state index >= 15 is 0 Å². The Morgan fingerprint density at radius 3 is 3.27 bits per heavy atom. The summed E-state index contributed by atoms with van der Waals surface area (Å²) in [5, 5.41) is 2.08. The molecule has 2 nitrogen and oxygen atoms in total. The second-order valence-corrected chi connectivity index (χ2v) is 3.48. The lowest BCUT2D eigenvalue weighted by atomic mass is 10.5. The summed E-state index contributed by atoms with van der Waals surface area (Å²) in [7, 11) is 0. The van der Waals surface area contributed by atoms with Gasteiger partial charge in [-0.3, -0.25) is 4.40 Å². The predicted molar refractivity (Wildman–Crippen MR) is 47.4 cm³/mol. The molecule has 2 aromatic heterocycles. The third-order valence-corrected chi connectivity index (χ3v) is 2.86. The SMILES string of the molecule is Cc1csc2ncc(CCl)n12. The molecule has 0 unspecified atom stereocenters. The summed E-state index contributed by atoms with van der Waals surface area (Å²) in [6.45, 7) is 2.06. The Balaban J connectivity index is 2.80. The van der Waals surface area contributed by atoms with Crippen molar-refractivity contribution in [1.29, 1.82) is 0 Å². The van der Waals surface area contributed by atoms with Gasteiger partial charge in [-0.25, -0.2) is 4.98 Å². The van der Waals surface area contributed by atoms with Crippen LogP contribution in [-0.4, -0.2) is 9.38 Å². The smallest absolute Gasteiger partial charge is 0.194 e. The lowest BCUT2D eigenvalue weighted by Gasteiger charge is -1.92. The molecule has 0 saturated heterocycles. The Morgan fingerprint density at radius 1 is 1.73 bits per heavy atom. The molecule has 0 aliphatic carbocycles. The molecule has 58 valence electrons. The van der Waals surface area contributed by atoms with Gasteiger partial charge in [-0.15, -0.1) is 22.9 Å². The maximum atomic E-state index is 5.72. The van der Waals surface area contributed by atoms with E-state index in [1.807, 2.05) is 6.20 Å². The van der Waals surface area contributed by atoms with Gasteiger partial charge in [-0.05, 0) is 6.92 Å². The molecule has 4 heteroatoms. The average molecular weight is 187 g/mol. The quantitative estimate of drug-likeness (QED) is 0.626. The Morgan fingerprint density at radius 2 is 2.55 bits per heavy atom. The summed E-state index contributed by atoms with van der Waals surface area (Å²) >= 11 is 7.36. The molecular formula is C7H7ClN2S. The van der Waals surface area contributed by atoms with Crippen LogP contribution in [0.15, 0.2) is 11.6 Å². The monoisotopic (exact) mass is 186 g/mol. The van der Waals surface area contributed by atoms with Crippen molar-refractivity contribution < 1.29 is 0 Å². The number of hydrogen-bond donors (Lipinski definition) is 0. The number of hydrogen-bond acceptors (Lipinski definition) is 2. The summed E-state index contributed by atoms with van der Waals surface area (Å²) in [6, 6.07) is 0. The first-order valence-corrected chi connectivity index (χ1v) is 4.70. The number of nitrogens with zero attached hydrogens (tertiary/aromatic N) is 2. The standard InChI is InChI=1S/C7H7ClN2S/c1-5-4-11-7-9-3-6(2-8)10(5)7/h3-4H,2H2,1H3. The molecule has 0 saturated carbocycles. The van der Waals surface area contributed by atoms with Crippen LogP contribution in [0.3, 0.4) is 0 Å². The third-order valence-electron chi connectivity index (χ3n) is 1.63. The summed E-state index contributed by atoms with van der Waals surface area (Å²) in [4.78, 5) is 5.23. The maximum absolute atomic E-state index is 5.72. The number of halogens is 1. The highest BCUT2D eigenvalue weighted by atomic mass is 35.5. The van der Waals surface area contributed by atoms with Crippen molar-refractivity contribution >= 4 is 27.9 Å². The van der Waals surface area contributed by atoms with Crippen molar-refractivity contribution in [3.63, 3.8) is 0 Å². The van der Waals surface area contributed by atoms with Crippen LogP contribution >= 0.6 is 22.9 Å². The Bertz CT molecular complexity index is 377. The molecule has 0 fully saturated rings. The zero-order chi connectivity index (χ0) is 7.84. The van der Waals surface area contributed by atoms with Crippen molar-refractivity contribution in [2.45, 2.75) is 12.8 Å². The van der Waals surface area contributed by atoms with Crippen molar-refractivity contribution in [3.05, 3.63) is 23.0 Å². The van der Waals surface area contributed by atoms with Crippen LogP contribution in [0.25, 0.3) is 4.96 Å². The molecule has 0 aliphatic rings. The fourth-order valence-electron chi connectivity index (χ4n) is 1.11. The molecule has 2 rings (SSSR count). The highest BCUT2D eigenvalue weighted by molar-refractivity contribution is 7.15. The number of imidazole rings is 1. The molecule has 0 aliphatic heterocycles. The molecule has 0 amide bonds. The van der Waals surface area contributed by atoms with E-state index < -0.39 is 0 Å². The van der Waals surface area contributed by atoms with E-state index in [4.69, 9.17) is 11.6 Å².